The largest absolute Gasteiger partial charge is 0.497 e. The van der Waals surface area contributed by atoms with Crippen molar-refractivity contribution in [1.82, 2.24) is 20.3 Å². The highest BCUT2D eigenvalue weighted by Gasteiger charge is 2.15. The summed E-state index contributed by atoms with van der Waals surface area (Å²) in [5.41, 5.74) is 2.47. The third-order valence-corrected chi connectivity index (χ3v) is 3.67. The third kappa shape index (κ3) is 4.04. The second-order valence-corrected chi connectivity index (χ2v) is 5.11. The van der Waals surface area contributed by atoms with Gasteiger partial charge in [0.25, 0.3) is 0 Å². The lowest BCUT2D eigenvalue weighted by Crippen LogP contribution is -2.21. The van der Waals surface area contributed by atoms with Crippen LogP contribution in [0.5, 0.6) is 5.75 Å². The minimum Gasteiger partial charge on any atom is -0.497 e. The molecule has 2 rings (SSSR count). The molecule has 0 spiro atoms. The molecule has 114 valence electrons. The zero-order chi connectivity index (χ0) is 15.1. The Morgan fingerprint density at radius 3 is 2.67 bits per heavy atom. The Kier molecular flexibility index (Phi) is 5.75. The van der Waals surface area contributed by atoms with Crippen molar-refractivity contribution in [1.29, 1.82) is 0 Å². The van der Waals surface area contributed by atoms with Gasteiger partial charge < -0.3 is 10.1 Å². The first-order chi connectivity index (χ1) is 10.3. The molecule has 21 heavy (non-hydrogen) atoms. The molecule has 2 aromatic rings. The number of nitrogens with one attached hydrogen (secondary N) is 1. The molecule has 1 N–H and O–H groups in total. The third-order valence-electron chi connectivity index (χ3n) is 3.67. The highest BCUT2D eigenvalue weighted by Crippen LogP contribution is 2.19. The summed E-state index contributed by atoms with van der Waals surface area (Å²) in [6.45, 7) is 3.06. The van der Waals surface area contributed by atoms with Crippen molar-refractivity contribution in [3.05, 3.63) is 41.7 Å². The van der Waals surface area contributed by atoms with Gasteiger partial charge in [0.2, 0.25) is 0 Å². The Morgan fingerprint density at radius 1 is 1.29 bits per heavy atom. The van der Waals surface area contributed by atoms with Gasteiger partial charge in [0.1, 0.15) is 5.75 Å². The number of aromatic nitrogens is 3. The van der Waals surface area contributed by atoms with Crippen LogP contribution < -0.4 is 10.1 Å². The van der Waals surface area contributed by atoms with Gasteiger partial charge in [-0.25, -0.2) is 4.68 Å². The molecular weight excluding hydrogens is 264 g/mol. The van der Waals surface area contributed by atoms with E-state index < -0.39 is 0 Å². The predicted octanol–water partition coefficient (Wildman–Crippen LogP) is 2.59. The monoisotopic (exact) mass is 288 g/mol. The topological polar surface area (TPSA) is 52.0 Å². The first-order valence-corrected chi connectivity index (χ1v) is 7.47. The van der Waals surface area contributed by atoms with Gasteiger partial charge in [0.15, 0.2) is 0 Å². The standard InChI is InChI=1S/C16H24N4O/c1-4-11-20-16(12-18-19-20)15(17-2)10-7-13-5-8-14(21-3)9-6-13/h5-6,8-9,12,15,17H,4,7,10-11H2,1-3H3. The van der Waals surface area contributed by atoms with Crippen LogP contribution in [0.1, 0.15) is 37.1 Å². The van der Waals surface area contributed by atoms with Gasteiger partial charge >= 0.3 is 0 Å². The Morgan fingerprint density at radius 2 is 2.05 bits per heavy atom. The molecule has 1 aromatic carbocycles. The zero-order valence-corrected chi connectivity index (χ0v) is 13.0. The van der Waals surface area contributed by atoms with Crippen molar-refractivity contribution in [3.8, 4) is 5.75 Å². The average Bonchev–Trinajstić information content (AvgIpc) is 2.97. The van der Waals surface area contributed by atoms with Crippen LogP contribution in [-0.2, 0) is 13.0 Å². The number of aryl methyl sites for hydroxylation is 2. The van der Waals surface area contributed by atoms with E-state index in [4.69, 9.17) is 4.74 Å². The van der Waals surface area contributed by atoms with Crippen molar-refractivity contribution in [2.45, 2.75) is 38.8 Å². The maximum Gasteiger partial charge on any atom is 0.118 e. The number of benzene rings is 1. The predicted molar refractivity (Wildman–Crippen MR) is 83.4 cm³/mol. The highest BCUT2D eigenvalue weighted by molar-refractivity contribution is 5.27. The summed E-state index contributed by atoms with van der Waals surface area (Å²) in [5.74, 6) is 0.897. The van der Waals surface area contributed by atoms with Crippen molar-refractivity contribution >= 4 is 0 Å². The Labute approximate surface area is 126 Å². The number of hydrogen-bond donors (Lipinski definition) is 1. The quantitative estimate of drug-likeness (QED) is 0.811. The minimum atomic E-state index is 0.272. The average molecular weight is 288 g/mol. The number of ether oxygens (including phenoxy) is 1. The summed E-state index contributed by atoms with van der Waals surface area (Å²) in [7, 11) is 3.68. The molecule has 0 aliphatic heterocycles. The number of nitrogens with zero attached hydrogens (tertiary/aromatic N) is 3. The lowest BCUT2D eigenvalue weighted by Gasteiger charge is -2.17. The summed E-state index contributed by atoms with van der Waals surface area (Å²) < 4.78 is 7.18. The van der Waals surface area contributed by atoms with Gasteiger partial charge in [-0.3, -0.25) is 0 Å². The van der Waals surface area contributed by atoms with Crippen LogP contribution in [-0.4, -0.2) is 29.2 Å². The maximum atomic E-state index is 5.19. The molecule has 1 heterocycles. The van der Waals surface area contributed by atoms with Gasteiger partial charge in [-0.2, -0.15) is 0 Å². The molecular formula is C16H24N4O. The molecule has 1 unspecified atom stereocenters. The smallest absolute Gasteiger partial charge is 0.118 e. The van der Waals surface area contributed by atoms with E-state index in [1.54, 1.807) is 7.11 Å². The summed E-state index contributed by atoms with van der Waals surface area (Å²) >= 11 is 0. The fourth-order valence-electron chi connectivity index (χ4n) is 2.46. The Balaban J connectivity index is 1.99. The van der Waals surface area contributed by atoms with E-state index in [2.05, 4.69) is 34.7 Å². The van der Waals surface area contributed by atoms with E-state index in [9.17, 15) is 0 Å². The number of hydrogen-bond acceptors (Lipinski definition) is 4. The first-order valence-electron chi connectivity index (χ1n) is 7.47. The van der Waals surface area contributed by atoms with Gasteiger partial charge in [-0.05, 0) is 44.0 Å². The molecule has 0 amide bonds. The summed E-state index contributed by atoms with van der Waals surface area (Å²) in [5, 5.41) is 11.6. The molecule has 1 aromatic heterocycles. The second-order valence-electron chi connectivity index (χ2n) is 5.11. The molecule has 0 saturated carbocycles. The fourth-order valence-corrected chi connectivity index (χ4v) is 2.46. The van der Waals surface area contributed by atoms with Crippen LogP contribution in [0.15, 0.2) is 30.5 Å². The van der Waals surface area contributed by atoms with Gasteiger partial charge in [-0.15, -0.1) is 5.10 Å². The van der Waals surface area contributed by atoms with Gasteiger partial charge in [0.05, 0.1) is 25.0 Å². The summed E-state index contributed by atoms with van der Waals surface area (Å²) in [6, 6.07) is 8.52. The molecule has 0 bridgehead atoms. The lowest BCUT2D eigenvalue weighted by molar-refractivity contribution is 0.414. The molecule has 0 saturated heterocycles. The highest BCUT2D eigenvalue weighted by atomic mass is 16.5. The Bertz CT molecular complexity index is 535. The van der Waals surface area contributed by atoms with Gasteiger partial charge in [-0.1, -0.05) is 24.3 Å². The Hall–Kier alpha value is -1.88. The van der Waals surface area contributed by atoms with Crippen LogP contribution in [0.4, 0.5) is 0 Å². The normalized spacial score (nSPS) is 12.3. The fraction of sp³-hybridized carbons (Fsp3) is 0.500. The van der Waals surface area contributed by atoms with E-state index in [0.717, 1.165) is 37.3 Å². The number of rotatable bonds is 8. The van der Waals surface area contributed by atoms with Crippen LogP contribution in [0.2, 0.25) is 0 Å². The maximum absolute atomic E-state index is 5.19. The van der Waals surface area contributed by atoms with Crippen LogP contribution >= 0.6 is 0 Å². The van der Waals surface area contributed by atoms with Crippen molar-refractivity contribution in [3.63, 3.8) is 0 Å². The van der Waals surface area contributed by atoms with E-state index in [-0.39, 0.29) is 6.04 Å². The van der Waals surface area contributed by atoms with Crippen LogP contribution in [0.3, 0.4) is 0 Å². The molecule has 0 aliphatic carbocycles. The molecule has 5 heteroatoms. The summed E-state index contributed by atoms with van der Waals surface area (Å²) in [4.78, 5) is 0. The minimum absolute atomic E-state index is 0.272. The van der Waals surface area contributed by atoms with E-state index >= 15 is 0 Å². The molecule has 0 radical (unpaired) electrons. The molecule has 0 aliphatic rings. The lowest BCUT2D eigenvalue weighted by atomic mass is 10.0. The molecule has 0 fully saturated rings. The van der Waals surface area contributed by atoms with E-state index in [0.29, 0.717) is 0 Å². The summed E-state index contributed by atoms with van der Waals surface area (Å²) in [6.07, 6.45) is 4.95. The van der Waals surface area contributed by atoms with Crippen molar-refractivity contribution in [2.24, 2.45) is 0 Å². The van der Waals surface area contributed by atoms with Crippen LogP contribution in [0.25, 0.3) is 0 Å². The van der Waals surface area contributed by atoms with Gasteiger partial charge in [0, 0.05) is 6.54 Å². The van der Waals surface area contributed by atoms with E-state index in [1.807, 2.05) is 30.1 Å². The van der Waals surface area contributed by atoms with Crippen LogP contribution in [0, 0.1) is 0 Å². The van der Waals surface area contributed by atoms with Crippen molar-refractivity contribution < 1.29 is 4.74 Å². The van der Waals surface area contributed by atoms with Crippen molar-refractivity contribution in [2.75, 3.05) is 14.2 Å². The number of methoxy groups -OCH3 is 1. The second kappa shape index (κ2) is 7.78. The molecule has 5 nitrogen and oxygen atoms in total. The van der Waals surface area contributed by atoms with E-state index in [1.165, 1.54) is 5.56 Å². The zero-order valence-electron chi connectivity index (χ0n) is 13.0. The SMILES string of the molecule is CCCn1nncc1C(CCc1ccc(OC)cc1)NC. The first kappa shape index (κ1) is 15.5. The molecule has 1 atom stereocenters.